The average Bonchev–Trinajstić information content (AvgIpc) is 2.54. The minimum Gasteiger partial charge on any atom is -0.305 e. The van der Waals surface area contributed by atoms with Gasteiger partial charge in [-0.05, 0) is 28.5 Å². The van der Waals surface area contributed by atoms with Crippen molar-refractivity contribution < 1.29 is 8.42 Å². The number of amidine groups is 1. The number of rotatable bonds is 1. The maximum atomic E-state index is 11.8. The van der Waals surface area contributed by atoms with Crippen molar-refractivity contribution in [2.24, 2.45) is 4.40 Å². The number of nitrogens with zero attached hydrogens (tertiary/aromatic N) is 2. The summed E-state index contributed by atoms with van der Waals surface area (Å²) in [5.74, 6) is 0.354. The molecule has 2 aromatic carbocycles. The van der Waals surface area contributed by atoms with Crippen LogP contribution >= 0.6 is 11.6 Å². The Morgan fingerprint density at radius 2 is 1.83 bits per heavy atom. The van der Waals surface area contributed by atoms with Crippen LogP contribution in [0.1, 0.15) is 5.56 Å². The summed E-state index contributed by atoms with van der Waals surface area (Å²) in [6.07, 6.45) is 4.82. The van der Waals surface area contributed by atoms with Crippen molar-refractivity contribution >= 4 is 43.8 Å². The number of sulfonamides is 1. The minimum absolute atomic E-state index is 0.354. The van der Waals surface area contributed by atoms with Gasteiger partial charge in [0.05, 0.1) is 10.4 Å². The van der Waals surface area contributed by atoms with E-state index in [2.05, 4.69) is 4.40 Å². The molecule has 0 saturated carbocycles. The van der Waals surface area contributed by atoms with E-state index >= 15 is 0 Å². The maximum absolute atomic E-state index is 11.8. The normalized spacial score (nSPS) is 19.0. The molecule has 0 bridgehead atoms. The Labute approximate surface area is 138 Å². The summed E-state index contributed by atoms with van der Waals surface area (Å²) in [5, 5.41) is 3.75. The van der Waals surface area contributed by atoms with E-state index in [1.165, 1.54) is 6.20 Å². The Kier molecular flexibility index (Phi) is 3.14. The summed E-state index contributed by atoms with van der Waals surface area (Å²) in [7, 11) is -3.60. The van der Waals surface area contributed by atoms with Crippen molar-refractivity contribution in [3.05, 3.63) is 76.9 Å². The van der Waals surface area contributed by atoms with Crippen LogP contribution in [0.15, 0.2) is 75.8 Å². The maximum Gasteiger partial charge on any atom is 0.278 e. The van der Waals surface area contributed by atoms with E-state index in [4.69, 9.17) is 11.6 Å². The second-order valence-electron chi connectivity index (χ2n) is 5.26. The molecule has 2 aromatic rings. The summed E-state index contributed by atoms with van der Waals surface area (Å²) in [6.45, 7) is 0. The number of hydrogen-bond acceptors (Lipinski definition) is 3. The highest BCUT2D eigenvalue weighted by atomic mass is 35.5. The molecule has 0 fully saturated rings. The molecule has 23 heavy (non-hydrogen) atoms. The summed E-state index contributed by atoms with van der Waals surface area (Å²) in [6, 6.07) is 13.9. The smallest absolute Gasteiger partial charge is 0.278 e. The van der Waals surface area contributed by atoms with Crippen molar-refractivity contribution in [2.75, 3.05) is 0 Å². The lowest BCUT2D eigenvalue weighted by Crippen LogP contribution is -2.28. The van der Waals surface area contributed by atoms with Gasteiger partial charge in [-0.15, -0.1) is 4.40 Å². The van der Waals surface area contributed by atoms with Crippen LogP contribution in [0, 0.1) is 0 Å². The van der Waals surface area contributed by atoms with Gasteiger partial charge in [0.2, 0.25) is 0 Å². The molecule has 0 unspecified atom stereocenters. The van der Waals surface area contributed by atoms with Gasteiger partial charge in [-0.2, -0.15) is 8.42 Å². The summed E-state index contributed by atoms with van der Waals surface area (Å²) in [4.78, 5) is 1.62. The Morgan fingerprint density at radius 1 is 1.04 bits per heavy atom. The third-order valence-electron chi connectivity index (χ3n) is 3.70. The van der Waals surface area contributed by atoms with Gasteiger partial charge < -0.3 is 4.90 Å². The molecule has 4 nitrogen and oxygen atoms in total. The molecule has 0 saturated heterocycles. The molecule has 2 aliphatic rings. The second kappa shape index (κ2) is 5.08. The van der Waals surface area contributed by atoms with E-state index < -0.39 is 10.0 Å². The predicted octanol–water partition coefficient (Wildman–Crippen LogP) is 3.83. The highest BCUT2D eigenvalue weighted by Gasteiger charge is 2.25. The molecule has 0 N–H and O–H groups in total. The lowest BCUT2D eigenvalue weighted by atomic mass is 9.98. The molecular weight excluding hydrogens is 332 g/mol. The lowest BCUT2D eigenvalue weighted by molar-refractivity contribution is 0.602. The van der Waals surface area contributed by atoms with Gasteiger partial charge in [0.1, 0.15) is 0 Å². The van der Waals surface area contributed by atoms with Crippen LogP contribution in [0.3, 0.4) is 0 Å². The lowest BCUT2D eigenvalue weighted by Gasteiger charge is -2.26. The first-order chi connectivity index (χ1) is 11.0. The number of benzene rings is 2. The Morgan fingerprint density at radius 3 is 2.65 bits per heavy atom. The number of halogens is 1. The quantitative estimate of drug-likeness (QED) is 0.791. The molecule has 0 amide bonds. The zero-order chi connectivity index (χ0) is 16.0. The largest absolute Gasteiger partial charge is 0.305 e. The van der Waals surface area contributed by atoms with E-state index in [0.717, 1.165) is 21.7 Å². The zero-order valence-electron chi connectivity index (χ0n) is 11.8. The Hall–Kier alpha value is -2.37. The Balaban J connectivity index is 1.91. The highest BCUT2D eigenvalue weighted by Crippen LogP contribution is 2.31. The van der Waals surface area contributed by atoms with Crippen molar-refractivity contribution in [3.63, 3.8) is 0 Å². The molecule has 0 atom stereocenters. The topological polar surface area (TPSA) is 49.7 Å². The fourth-order valence-corrected chi connectivity index (χ4v) is 3.64. The standard InChI is InChI=1S/C17H11ClN2O2S/c18-15-10-16(17-19-23(21,22)8-7-20(17)11-15)14-6-5-12-3-1-2-4-13(12)9-14/h1-11H. The van der Waals surface area contributed by atoms with Crippen LogP contribution < -0.4 is 0 Å². The van der Waals surface area contributed by atoms with Crippen molar-refractivity contribution in [3.8, 4) is 0 Å². The fourth-order valence-electron chi connectivity index (χ4n) is 2.65. The summed E-state index contributed by atoms with van der Waals surface area (Å²) < 4.78 is 27.5. The highest BCUT2D eigenvalue weighted by molar-refractivity contribution is 7.93. The molecule has 4 rings (SSSR count). The van der Waals surface area contributed by atoms with Gasteiger partial charge in [0, 0.05) is 18.0 Å². The minimum atomic E-state index is -3.60. The molecule has 0 radical (unpaired) electrons. The van der Waals surface area contributed by atoms with Gasteiger partial charge in [0.15, 0.2) is 5.84 Å². The SMILES string of the molecule is O=S1(=O)C=CN2C=C(Cl)C=C(c3ccc4ccccc4c3)C2=N1. The van der Waals surface area contributed by atoms with E-state index in [-0.39, 0.29) is 0 Å². The second-order valence-corrected chi connectivity index (χ2v) is 7.18. The van der Waals surface area contributed by atoms with Crippen molar-refractivity contribution in [1.29, 1.82) is 0 Å². The molecule has 2 heterocycles. The molecular formula is C17H11ClN2O2S. The van der Waals surface area contributed by atoms with Crippen LogP contribution in [-0.2, 0) is 10.0 Å². The fraction of sp³-hybridized carbons (Fsp3) is 0. The van der Waals surface area contributed by atoms with E-state index in [0.29, 0.717) is 16.4 Å². The van der Waals surface area contributed by atoms with Crippen molar-refractivity contribution in [2.45, 2.75) is 0 Å². The van der Waals surface area contributed by atoms with E-state index in [9.17, 15) is 8.42 Å². The molecule has 0 aromatic heterocycles. The predicted molar refractivity (Wildman–Crippen MR) is 93.2 cm³/mol. The zero-order valence-corrected chi connectivity index (χ0v) is 13.4. The molecule has 114 valence electrons. The van der Waals surface area contributed by atoms with Gasteiger partial charge in [-0.1, -0.05) is 48.0 Å². The monoisotopic (exact) mass is 342 g/mol. The third-order valence-corrected chi connectivity index (χ3v) is 4.80. The number of allylic oxidation sites excluding steroid dienone is 2. The van der Waals surface area contributed by atoms with Gasteiger partial charge in [0.25, 0.3) is 10.0 Å². The molecule has 0 spiro atoms. The Bertz CT molecular complexity index is 1050. The van der Waals surface area contributed by atoms with Crippen LogP contribution in [0.5, 0.6) is 0 Å². The number of fused-ring (bicyclic) bond motifs is 2. The first-order valence-electron chi connectivity index (χ1n) is 6.92. The van der Waals surface area contributed by atoms with Crippen LogP contribution in [-0.4, -0.2) is 19.2 Å². The van der Waals surface area contributed by atoms with E-state index in [1.807, 2.05) is 42.5 Å². The molecule has 0 aliphatic carbocycles. The number of hydrogen-bond donors (Lipinski definition) is 0. The van der Waals surface area contributed by atoms with Gasteiger partial charge >= 0.3 is 0 Å². The summed E-state index contributed by atoms with van der Waals surface area (Å²) >= 11 is 6.18. The van der Waals surface area contributed by atoms with Gasteiger partial charge in [-0.25, -0.2) is 0 Å². The van der Waals surface area contributed by atoms with Gasteiger partial charge in [-0.3, -0.25) is 0 Å². The van der Waals surface area contributed by atoms with Crippen LogP contribution in [0.25, 0.3) is 16.3 Å². The first kappa shape index (κ1) is 14.2. The van der Waals surface area contributed by atoms with Crippen LogP contribution in [0.2, 0.25) is 0 Å². The molecule has 2 aliphatic heterocycles. The van der Waals surface area contributed by atoms with E-state index in [1.54, 1.807) is 17.2 Å². The molecule has 6 heteroatoms. The van der Waals surface area contributed by atoms with Crippen molar-refractivity contribution in [1.82, 2.24) is 4.90 Å². The first-order valence-corrected chi connectivity index (χ1v) is 8.80. The average molecular weight is 343 g/mol. The third kappa shape index (κ3) is 2.58. The summed E-state index contributed by atoms with van der Waals surface area (Å²) in [5.41, 5.74) is 1.54. The van der Waals surface area contributed by atoms with Crippen LogP contribution in [0.4, 0.5) is 0 Å².